The molecular weight excluding hydrogens is 439 g/mol. The molecule has 1 aromatic heterocycles. The van der Waals surface area contributed by atoms with Crippen LogP contribution in [0.4, 0.5) is 10.1 Å². The second kappa shape index (κ2) is 12.8. The van der Waals surface area contributed by atoms with E-state index in [9.17, 15) is 9.18 Å². The average molecular weight is 471 g/mol. The highest BCUT2D eigenvalue weighted by Gasteiger charge is 2.22. The number of anilines is 1. The Balaban J connectivity index is 1.80. The molecule has 182 valence electrons. The number of nitrogens with two attached hydrogens (primary N) is 1. The Morgan fingerprint density at radius 3 is 3.06 bits per heavy atom. The number of nitrogen functional groups attached to an aromatic ring is 1. The lowest BCUT2D eigenvalue weighted by Crippen LogP contribution is -2.48. The fourth-order valence-electron chi connectivity index (χ4n) is 3.71. The van der Waals surface area contributed by atoms with Crippen LogP contribution in [0.5, 0.6) is 5.75 Å². The standard InChI is InChI=1S/C24H31FN6O3/c1-27-11-16(12-28-8-9-32)19-5-6-21-20(10-18(26)14-30-21)23(19)34-15-17(25)13-31-24(33)22-4-2-3-7-29-22/h5-6,8,10-12,14,17,22,29,32H,2-4,7,9,13,15,26H2,1H3,(H,31,33)/b16-12+,27-11?,28-8?. The lowest BCUT2D eigenvalue weighted by Gasteiger charge is -2.23. The summed E-state index contributed by atoms with van der Waals surface area (Å²) in [6.45, 7) is 0.147. The number of aliphatic hydroxyl groups excluding tert-OH is 1. The quantitative estimate of drug-likeness (QED) is 0.392. The normalized spacial score (nSPS) is 18.0. The molecule has 0 saturated carbocycles. The highest BCUT2D eigenvalue weighted by Crippen LogP contribution is 2.34. The number of amides is 1. The van der Waals surface area contributed by atoms with Gasteiger partial charge in [-0.25, -0.2) is 4.39 Å². The van der Waals surface area contributed by atoms with Crippen LogP contribution in [0.25, 0.3) is 16.5 Å². The van der Waals surface area contributed by atoms with Crippen LogP contribution >= 0.6 is 0 Å². The number of aromatic nitrogens is 1. The van der Waals surface area contributed by atoms with Crippen LogP contribution in [-0.4, -0.2) is 74.0 Å². The Kier molecular flexibility index (Phi) is 9.48. The van der Waals surface area contributed by atoms with Crippen LogP contribution in [0.1, 0.15) is 24.8 Å². The summed E-state index contributed by atoms with van der Waals surface area (Å²) in [5.74, 6) is 0.182. The van der Waals surface area contributed by atoms with E-state index in [2.05, 4.69) is 25.6 Å². The first-order valence-electron chi connectivity index (χ1n) is 11.2. The minimum atomic E-state index is -1.43. The fraction of sp³-hybridized carbons (Fsp3) is 0.417. The van der Waals surface area contributed by atoms with Gasteiger partial charge in [0.05, 0.1) is 36.6 Å². The van der Waals surface area contributed by atoms with Gasteiger partial charge in [-0.3, -0.25) is 19.8 Å². The topological polar surface area (TPSA) is 134 Å². The van der Waals surface area contributed by atoms with Crippen molar-refractivity contribution >= 4 is 40.5 Å². The number of allylic oxidation sites excluding steroid dienone is 1. The number of aliphatic imine (C=N–C) groups is 2. The number of rotatable bonds is 10. The van der Waals surface area contributed by atoms with E-state index >= 15 is 0 Å². The zero-order valence-corrected chi connectivity index (χ0v) is 19.2. The predicted molar refractivity (Wildman–Crippen MR) is 133 cm³/mol. The molecule has 5 N–H and O–H groups in total. The summed E-state index contributed by atoms with van der Waals surface area (Å²) in [6.07, 6.45) is 7.34. The molecule has 0 spiro atoms. The molecule has 1 saturated heterocycles. The number of carbonyl (C=O) groups is 1. The van der Waals surface area contributed by atoms with E-state index in [0.29, 0.717) is 33.5 Å². The number of nitrogens with zero attached hydrogens (tertiary/aromatic N) is 3. The third-order valence-electron chi connectivity index (χ3n) is 5.35. The lowest BCUT2D eigenvalue weighted by atomic mass is 10.0. The maximum Gasteiger partial charge on any atom is 0.237 e. The van der Waals surface area contributed by atoms with Crippen molar-refractivity contribution in [1.82, 2.24) is 15.6 Å². The monoisotopic (exact) mass is 470 g/mol. The smallest absolute Gasteiger partial charge is 0.237 e. The molecule has 1 amide bonds. The zero-order valence-electron chi connectivity index (χ0n) is 19.2. The number of hydrogen-bond donors (Lipinski definition) is 4. The Morgan fingerprint density at radius 1 is 1.47 bits per heavy atom. The van der Waals surface area contributed by atoms with Crippen molar-refractivity contribution in [3.05, 3.63) is 36.2 Å². The minimum Gasteiger partial charge on any atom is -0.489 e. The van der Waals surface area contributed by atoms with Gasteiger partial charge in [0.15, 0.2) is 6.17 Å². The molecule has 0 aliphatic carbocycles. The fourth-order valence-corrected chi connectivity index (χ4v) is 3.71. The number of aliphatic hydroxyl groups is 1. The Bertz CT molecular complexity index is 1070. The van der Waals surface area contributed by atoms with E-state index < -0.39 is 6.17 Å². The number of pyridine rings is 1. The van der Waals surface area contributed by atoms with E-state index in [1.165, 1.54) is 18.6 Å². The summed E-state index contributed by atoms with van der Waals surface area (Å²) >= 11 is 0. The average Bonchev–Trinajstić information content (AvgIpc) is 2.86. The number of piperidine rings is 1. The second-order valence-electron chi connectivity index (χ2n) is 7.92. The van der Waals surface area contributed by atoms with Gasteiger partial charge in [-0.1, -0.05) is 6.42 Å². The van der Waals surface area contributed by atoms with Gasteiger partial charge in [0, 0.05) is 42.2 Å². The molecule has 1 aromatic carbocycles. The van der Waals surface area contributed by atoms with Crippen molar-refractivity contribution in [2.45, 2.75) is 31.5 Å². The first kappa shape index (κ1) is 25.3. The highest BCUT2D eigenvalue weighted by atomic mass is 19.1. The summed E-state index contributed by atoms with van der Waals surface area (Å²) in [5.41, 5.74) is 8.22. The molecule has 2 heterocycles. The SMILES string of the molecule is CN=C/C(=C\N=CCO)c1ccc2ncc(N)cc2c1OCC(F)CNC(=O)C1CCCCN1. The molecule has 1 aliphatic rings. The molecule has 9 nitrogen and oxygen atoms in total. The third-order valence-corrected chi connectivity index (χ3v) is 5.35. The van der Waals surface area contributed by atoms with Crippen molar-refractivity contribution in [3.63, 3.8) is 0 Å². The lowest BCUT2D eigenvalue weighted by molar-refractivity contribution is -0.124. The van der Waals surface area contributed by atoms with Crippen LogP contribution in [0, 0.1) is 0 Å². The summed E-state index contributed by atoms with van der Waals surface area (Å²) < 4.78 is 20.7. The Morgan fingerprint density at radius 2 is 2.32 bits per heavy atom. The van der Waals surface area contributed by atoms with Crippen molar-refractivity contribution in [3.8, 4) is 5.75 Å². The highest BCUT2D eigenvalue weighted by molar-refractivity contribution is 6.12. The third kappa shape index (κ3) is 6.82. The van der Waals surface area contributed by atoms with Gasteiger partial charge in [-0.15, -0.1) is 0 Å². The van der Waals surface area contributed by atoms with Crippen LogP contribution in [0.15, 0.2) is 40.6 Å². The van der Waals surface area contributed by atoms with Gasteiger partial charge >= 0.3 is 0 Å². The summed E-state index contributed by atoms with van der Waals surface area (Å²) in [6, 6.07) is 5.02. The van der Waals surface area contributed by atoms with E-state index in [4.69, 9.17) is 15.6 Å². The summed E-state index contributed by atoms with van der Waals surface area (Å²) in [5, 5.41) is 15.4. The number of nitrogens with one attached hydrogen (secondary N) is 2. The first-order chi connectivity index (χ1) is 16.5. The molecule has 0 bridgehead atoms. The Labute approximate surface area is 198 Å². The number of fused-ring (bicyclic) bond motifs is 1. The number of halogens is 1. The van der Waals surface area contributed by atoms with E-state index in [1.807, 2.05) is 0 Å². The van der Waals surface area contributed by atoms with Crippen LogP contribution in [0.2, 0.25) is 0 Å². The predicted octanol–water partition coefficient (Wildman–Crippen LogP) is 1.90. The molecule has 1 aliphatic heterocycles. The molecule has 34 heavy (non-hydrogen) atoms. The molecule has 2 atom stereocenters. The van der Waals surface area contributed by atoms with Crippen molar-refractivity contribution in [2.75, 3.05) is 39.1 Å². The van der Waals surface area contributed by atoms with Crippen LogP contribution in [0.3, 0.4) is 0 Å². The molecule has 0 radical (unpaired) electrons. The van der Waals surface area contributed by atoms with E-state index in [-0.39, 0.29) is 31.7 Å². The van der Waals surface area contributed by atoms with Gasteiger partial charge < -0.3 is 26.2 Å². The minimum absolute atomic E-state index is 0.155. The zero-order chi connectivity index (χ0) is 24.3. The summed E-state index contributed by atoms with van der Waals surface area (Å²) in [7, 11) is 1.62. The van der Waals surface area contributed by atoms with Gasteiger partial charge in [0.1, 0.15) is 12.4 Å². The number of ether oxygens (including phenoxy) is 1. The molecule has 3 rings (SSSR count). The van der Waals surface area contributed by atoms with Crippen molar-refractivity contribution in [1.29, 1.82) is 0 Å². The number of alkyl halides is 1. The van der Waals surface area contributed by atoms with Gasteiger partial charge in [-0.2, -0.15) is 0 Å². The maximum absolute atomic E-state index is 14.7. The first-order valence-corrected chi connectivity index (χ1v) is 11.2. The van der Waals surface area contributed by atoms with Gasteiger partial charge in [-0.05, 0) is 37.6 Å². The largest absolute Gasteiger partial charge is 0.489 e. The molecule has 10 heteroatoms. The molecule has 2 unspecified atom stereocenters. The van der Waals surface area contributed by atoms with Crippen LogP contribution in [-0.2, 0) is 4.79 Å². The molecular formula is C24H31FN6O3. The second-order valence-corrected chi connectivity index (χ2v) is 7.92. The molecule has 1 fully saturated rings. The van der Waals surface area contributed by atoms with Gasteiger partial charge in [0.25, 0.3) is 0 Å². The number of benzene rings is 1. The maximum atomic E-state index is 14.7. The summed E-state index contributed by atoms with van der Waals surface area (Å²) in [4.78, 5) is 24.7. The van der Waals surface area contributed by atoms with Gasteiger partial charge in [0.2, 0.25) is 5.91 Å². The molecule has 2 aromatic rings. The van der Waals surface area contributed by atoms with Crippen molar-refractivity contribution < 1.29 is 19.0 Å². The van der Waals surface area contributed by atoms with E-state index in [0.717, 1.165) is 25.8 Å². The number of carbonyl (C=O) groups excluding carboxylic acids is 1. The van der Waals surface area contributed by atoms with E-state index in [1.54, 1.807) is 31.5 Å². The van der Waals surface area contributed by atoms with Crippen LogP contribution < -0.4 is 21.1 Å². The Hall–Kier alpha value is -3.37. The number of hydrogen-bond acceptors (Lipinski definition) is 8. The van der Waals surface area contributed by atoms with Crippen molar-refractivity contribution in [2.24, 2.45) is 9.98 Å².